The van der Waals surface area contributed by atoms with Crippen LogP contribution in [0.3, 0.4) is 0 Å². The number of aliphatic hydroxyl groups is 1. The molecule has 17 heavy (non-hydrogen) atoms. The summed E-state index contributed by atoms with van der Waals surface area (Å²) < 4.78 is 6.03. The minimum absolute atomic E-state index is 0.0658. The summed E-state index contributed by atoms with van der Waals surface area (Å²) in [5.74, 6) is 0.817. The first-order valence-corrected chi connectivity index (χ1v) is 6.46. The Morgan fingerprint density at radius 3 is 2.76 bits per heavy atom. The Bertz CT molecular complexity index is 356. The molecule has 96 valence electrons. The summed E-state index contributed by atoms with van der Waals surface area (Å²) in [6.45, 7) is 6.17. The van der Waals surface area contributed by atoms with Crippen molar-refractivity contribution in [2.75, 3.05) is 0 Å². The summed E-state index contributed by atoms with van der Waals surface area (Å²) in [4.78, 5) is 11.7. The normalized spacial score (nSPS) is 40.4. The van der Waals surface area contributed by atoms with E-state index < -0.39 is 11.7 Å². The van der Waals surface area contributed by atoms with Crippen LogP contribution >= 0.6 is 0 Å². The molecular formula is C14H22O3. The molecule has 1 N–H and O–H groups in total. The molecule has 0 aromatic rings. The van der Waals surface area contributed by atoms with Crippen molar-refractivity contribution in [3.63, 3.8) is 0 Å². The summed E-state index contributed by atoms with van der Waals surface area (Å²) in [5, 5.41) is 10.2. The molecule has 1 fully saturated rings. The second-order valence-electron chi connectivity index (χ2n) is 6.18. The first kappa shape index (κ1) is 12.6. The van der Waals surface area contributed by atoms with E-state index in [1.54, 1.807) is 6.08 Å². The molecule has 0 radical (unpaired) electrons. The van der Waals surface area contributed by atoms with E-state index in [9.17, 15) is 9.90 Å². The van der Waals surface area contributed by atoms with Gasteiger partial charge < -0.3 is 9.84 Å². The van der Waals surface area contributed by atoms with E-state index >= 15 is 0 Å². The van der Waals surface area contributed by atoms with Gasteiger partial charge in [0.1, 0.15) is 11.4 Å². The average molecular weight is 238 g/mol. The highest BCUT2D eigenvalue weighted by Crippen LogP contribution is 2.43. The molecule has 0 amide bonds. The van der Waals surface area contributed by atoms with Gasteiger partial charge in [-0.05, 0) is 32.6 Å². The van der Waals surface area contributed by atoms with Gasteiger partial charge in [-0.25, -0.2) is 0 Å². The van der Waals surface area contributed by atoms with Gasteiger partial charge in [-0.15, -0.1) is 0 Å². The third-order valence-corrected chi connectivity index (χ3v) is 4.15. The quantitative estimate of drug-likeness (QED) is 0.705. The molecule has 2 aliphatic rings. The molecule has 3 heteroatoms. The van der Waals surface area contributed by atoms with Crippen LogP contribution in [0.4, 0.5) is 0 Å². The van der Waals surface area contributed by atoms with E-state index in [0.29, 0.717) is 12.8 Å². The molecule has 0 aliphatic carbocycles. The third kappa shape index (κ3) is 2.39. The van der Waals surface area contributed by atoms with Crippen molar-refractivity contribution in [3.8, 4) is 0 Å². The van der Waals surface area contributed by atoms with Gasteiger partial charge in [0.2, 0.25) is 0 Å². The smallest absolute Gasteiger partial charge is 0.159 e. The first-order valence-electron chi connectivity index (χ1n) is 6.46. The van der Waals surface area contributed by atoms with Crippen LogP contribution in [0.25, 0.3) is 0 Å². The zero-order valence-corrected chi connectivity index (χ0v) is 11.0. The van der Waals surface area contributed by atoms with Crippen LogP contribution in [-0.2, 0) is 9.53 Å². The Kier molecular flexibility index (Phi) is 3.06. The number of fused-ring (bicyclic) bond motifs is 2. The van der Waals surface area contributed by atoms with Crippen molar-refractivity contribution in [2.24, 2.45) is 5.41 Å². The standard InChI is InChI=1S/C14H22O3/c1-13(2)7-4-8-14(3)11(16)6-5-10(15)9-12(13)17-14/h9,11,16H,4-8H2,1-3H3/b12-9-/t11-,14+/m1/s1. The van der Waals surface area contributed by atoms with Crippen LogP contribution in [0.1, 0.15) is 52.9 Å². The van der Waals surface area contributed by atoms with Crippen molar-refractivity contribution < 1.29 is 14.6 Å². The van der Waals surface area contributed by atoms with Gasteiger partial charge in [0.25, 0.3) is 0 Å². The number of carbonyl (C=O) groups is 1. The molecule has 2 heterocycles. The zero-order valence-electron chi connectivity index (χ0n) is 11.0. The number of hydrogen-bond acceptors (Lipinski definition) is 3. The van der Waals surface area contributed by atoms with Crippen molar-refractivity contribution in [1.29, 1.82) is 0 Å². The van der Waals surface area contributed by atoms with Crippen molar-refractivity contribution in [2.45, 2.75) is 64.6 Å². The Balaban J connectivity index is 2.42. The van der Waals surface area contributed by atoms with E-state index in [1.807, 2.05) is 6.92 Å². The van der Waals surface area contributed by atoms with Crippen LogP contribution in [0.5, 0.6) is 0 Å². The second kappa shape index (κ2) is 4.13. The number of rotatable bonds is 0. The third-order valence-electron chi connectivity index (χ3n) is 4.15. The van der Waals surface area contributed by atoms with E-state index in [1.165, 1.54) is 0 Å². The monoisotopic (exact) mass is 238 g/mol. The maximum absolute atomic E-state index is 11.7. The Morgan fingerprint density at radius 2 is 2.06 bits per heavy atom. The van der Waals surface area contributed by atoms with Gasteiger partial charge in [-0.2, -0.15) is 0 Å². The van der Waals surface area contributed by atoms with Crippen molar-refractivity contribution in [3.05, 3.63) is 11.8 Å². The lowest BCUT2D eigenvalue weighted by molar-refractivity contribution is -0.123. The lowest BCUT2D eigenvalue weighted by Gasteiger charge is -2.37. The van der Waals surface area contributed by atoms with Crippen molar-refractivity contribution in [1.82, 2.24) is 0 Å². The molecule has 0 saturated carbocycles. The fourth-order valence-corrected chi connectivity index (χ4v) is 2.71. The van der Waals surface area contributed by atoms with E-state index in [4.69, 9.17) is 4.74 Å². The topological polar surface area (TPSA) is 46.5 Å². The molecule has 1 saturated heterocycles. The zero-order chi connectivity index (χ0) is 12.7. The van der Waals surface area contributed by atoms with Gasteiger partial charge in [0.05, 0.1) is 6.10 Å². The molecule has 2 rings (SSSR count). The summed E-state index contributed by atoms with van der Waals surface area (Å²) in [6, 6.07) is 0. The second-order valence-corrected chi connectivity index (χ2v) is 6.18. The Labute approximate surface area is 103 Å². The Morgan fingerprint density at radius 1 is 1.35 bits per heavy atom. The van der Waals surface area contributed by atoms with Gasteiger partial charge in [0, 0.05) is 17.9 Å². The molecule has 0 aromatic heterocycles. The minimum atomic E-state index is -0.552. The van der Waals surface area contributed by atoms with Gasteiger partial charge >= 0.3 is 0 Å². The van der Waals surface area contributed by atoms with Crippen molar-refractivity contribution >= 4 is 5.78 Å². The maximum Gasteiger partial charge on any atom is 0.159 e. The number of allylic oxidation sites excluding steroid dienone is 2. The van der Waals surface area contributed by atoms with E-state index in [2.05, 4.69) is 13.8 Å². The molecule has 3 nitrogen and oxygen atoms in total. The predicted molar refractivity (Wildman–Crippen MR) is 65.5 cm³/mol. The lowest BCUT2D eigenvalue weighted by atomic mass is 9.85. The number of ketones is 1. The summed E-state index contributed by atoms with van der Waals surface area (Å²) in [5.41, 5.74) is -0.634. The SMILES string of the molecule is CC1(C)CCC[C@]2(C)O/C1=C\C(=O)CC[C@H]2O. The number of hydrogen-bond donors (Lipinski definition) is 1. The van der Waals surface area contributed by atoms with Crippen LogP contribution in [0.2, 0.25) is 0 Å². The molecule has 0 unspecified atom stereocenters. The fraction of sp³-hybridized carbons (Fsp3) is 0.786. The molecule has 2 atom stereocenters. The highest BCUT2D eigenvalue weighted by Gasteiger charge is 2.43. The largest absolute Gasteiger partial charge is 0.489 e. The first-order chi connectivity index (χ1) is 7.83. The van der Waals surface area contributed by atoms with Crippen LogP contribution in [0.15, 0.2) is 11.8 Å². The summed E-state index contributed by atoms with van der Waals surface area (Å²) in [6.07, 6.45) is 4.88. The summed E-state index contributed by atoms with van der Waals surface area (Å²) in [7, 11) is 0. The molecule has 2 aliphatic heterocycles. The van der Waals surface area contributed by atoms with Gasteiger partial charge in [-0.1, -0.05) is 13.8 Å². The highest BCUT2D eigenvalue weighted by atomic mass is 16.5. The molecule has 0 aromatic carbocycles. The van der Waals surface area contributed by atoms with Crippen LogP contribution in [-0.4, -0.2) is 22.6 Å². The number of carbonyl (C=O) groups excluding carboxylic acids is 1. The fourth-order valence-electron chi connectivity index (χ4n) is 2.71. The maximum atomic E-state index is 11.7. The average Bonchev–Trinajstić information content (AvgIpc) is 2.33. The van der Waals surface area contributed by atoms with Crippen LogP contribution in [0, 0.1) is 5.41 Å². The number of ether oxygens (including phenoxy) is 1. The van der Waals surface area contributed by atoms with E-state index in [-0.39, 0.29) is 11.2 Å². The number of aliphatic hydroxyl groups excluding tert-OH is 1. The predicted octanol–water partition coefficient (Wildman–Crippen LogP) is 2.58. The highest BCUT2D eigenvalue weighted by molar-refractivity contribution is 5.90. The minimum Gasteiger partial charge on any atom is -0.489 e. The van der Waals surface area contributed by atoms with E-state index in [0.717, 1.165) is 25.0 Å². The van der Waals surface area contributed by atoms with Gasteiger partial charge in [-0.3, -0.25) is 4.79 Å². The van der Waals surface area contributed by atoms with Crippen LogP contribution < -0.4 is 0 Å². The Hall–Kier alpha value is -0.830. The molecule has 0 spiro atoms. The van der Waals surface area contributed by atoms with Gasteiger partial charge in [0.15, 0.2) is 5.78 Å². The molecular weight excluding hydrogens is 216 g/mol. The summed E-state index contributed by atoms with van der Waals surface area (Å²) >= 11 is 0. The molecule has 2 bridgehead atoms. The lowest BCUT2D eigenvalue weighted by Crippen LogP contribution is -2.43.